The van der Waals surface area contributed by atoms with Crippen LogP contribution in [-0.4, -0.2) is 41.9 Å². The molecule has 1 rings (SSSR count). The third kappa shape index (κ3) is 6.31. The zero-order chi connectivity index (χ0) is 15.7. The smallest absolute Gasteiger partial charge is 0.107 e. The van der Waals surface area contributed by atoms with E-state index in [1.54, 1.807) is 0 Å². The second-order valence-electron chi connectivity index (χ2n) is 5.49. The van der Waals surface area contributed by atoms with Crippen molar-refractivity contribution in [3.8, 4) is 12.3 Å². The van der Waals surface area contributed by atoms with Crippen LogP contribution in [-0.2, 0) is 11.3 Å². The zero-order valence-corrected chi connectivity index (χ0v) is 13.4. The molecule has 0 aliphatic carbocycles. The molecule has 3 nitrogen and oxygen atoms in total. The molecule has 0 saturated carbocycles. The lowest BCUT2D eigenvalue weighted by Crippen LogP contribution is -2.40. The molecule has 0 radical (unpaired) electrons. The quantitative estimate of drug-likeness (QED) is 0.560. The van der Waals surface area contributed by atoms with E-state index in [4.69, 9.17) is 11.2 Å². The van der Waals surface area contributed by atoms with Gasteiger partial charge in [0, 0.05) is 19.1 Å². The van der Waals surface area contributed by atoms with E-state index in [0.29, 0.717) is 12.6 Å². The van der Waals surface area contributed by atoms with Crippen molar-refractivity contribution in [2.24, 2.45) is 0 Å². The summed E-state index contributed by atoms with van der Waals surface area (Å²) in [4.78, 5) is 2.30. The van der Waals surface area contributed by atoms with Crippen LogP contribution in [0.2, 0.25) is 0 Å². The Morgan fingerprint density at radius 3 is 2.71 bits per heavy atom. The Hall–Kier alpha value is -1.34. The predicted octanol–water partition coefficient (Wildman–Crippen LogP) is 2.61. The third-order valence-electron chi connectivity index (χ3n) is 3.79. The van der Waals surface area contributed by atoms with Gasteiger partial charge >= 0.3 is 0 Å². The van der Waals surface area contributed by atoms with Crippen LogP contribution < -0.4 is 0 Å². The molecule has 1 aromatic carbocycles. The molecular formula is C18H27NO2. The molecule has 2 atom stereocenters. The monoisotopic (exact) mass is 289 g/mol. The van der Waals surface area contributed by atoms with Crippen molar-refractivity contribution in [1.29, 1.82) is 0 Å². The predicted molar refractivity (Wildman–Crippen MR) is 87.0 cm³/mol. The fourth-order valence-corrected chi connectivity index (χ4v) is 2.24. The van der Waals surface area contributed by atoms with Gasteiger partial charge in [0.05, 0.1) is 12.7 Å². The molecule has 0 heterocycles. The summed E-state index contributed by atoms with van der Waals surface area (Å²) in [6.07, 6.45) is 5.67. The molecule has 1 N–H and O–H groups in total. The number of aliphatic hydroxyl groups excluding tert-OH is 1. The fraction of sp³-hybridized carbons (Fsp3) is 0.556. The Morgan fingerprint density at radius 1 is 1.38 bits per heavy atom. The Labute approximate surface area is 128 Å². The first kappa shape index (κ1) is 17.7. The van der Waals surface area contributed by atoms with Crippen molar-refractivity contribution in [2.45, 2.75) is 45.9 Å². The highest BCUT2D eigenvalue weighted by atomic mass is 16.5. The highest BCUT2D eigenvalue weighted by Crippen LogP contribution is 2.14. The summed E-state index contributed by atoms with van der Waals surface area (Å²) in [5, 5.41) is 10.1. The molecule has 0 amide bonds. The topological polar surface area (TPSA) is 32.7 Å². The van der Waals surface area contributed by atoms with Crippen LogP contribution in [0.5, 0.6) is 0 Å². The van der Waals surface area contributed by atoms with Crippen LogP contribution >= 0.6 is 0 Å². The van der Waals surface area contributed by atoms with Crippen molar-refractivity contribution >= 4 is 0 Å². The molecule has 0 aromatic heterocycles. The average Bonchev–Trinajstić information content (AvgIpc) is 2.48. The van der Waals surface area contributed by atoms with Gasteiger partial charge in [-0.05, 0) is 31.4 Å². The van der Waals surface area contributed by atoms with E-state index in [0.717, 1.165) is 13.0 Å². The number of hydrogen-bond donors (Lipinski definition) is 1. The molecule has 0 unspecified atom stereocenters. The molecule has 0 bridgehead atoms. The minimum atomic E-state index is -0.517. The highest BCUT2D eigenvalue weighted by molar-refractivity contribution is 5.25. The van der Waals surface area contributed by atoms with E-state index in [1.165, 1.54) is 11.1 Å². The number of benzene rings is 1. The number of terminal acetylenes is 1. The van der Waals surface area contributed by atoms with Gasteiger partial charge in [0.2, 0.25) is 0 Å². The normalized spacial score (nSPS) is 13.9. The largest absolute Gasteiger partial charge is 0.389 e. The highest BCUT2D eigenvalue weighted by Gasteiger charge is 2.17. The number of ether oxygens (including phenoxy) is 1. The fourth-order valence-electron chi connectivity index (χ4n) is 2.24. The lowest BCUT2D eigenvalue weighted by Gasteiger charge is -2.31. The lowest BCUT2D eigenvalue weighted by molar-refractivity contribution is 0.0169. The first-order chi connectivity index (χ1) is 10.1. The third-order valence-corrected chi connectivity index (χ3v) is 3.79. The van der Waals surface area contributed by atoms with Crippen molar-refractivity contribution in [1.82, 2.24) is 4.90 Å². The van der Waals surface area contributed by atoms with Gasteiger partial charge in [-0.3, -0.25) is 4.90 Å². The molecule has 0 spiro atoms. The summed E-state index contributed by atoms with van der Waals surface area (Å²) in [6, 6.07) is 8.79. The summed E-state index contributed by atoms with van der Waals surface area (Å²) in [5.74, 6) is 2.41. The van der Waals surface area contributed by atoms with Crippen LogP contribution in [0.15, 0.2) is 24.3 Å². The molecule has 0 aliphatic rings. The van der Waals surface area contributed by atoms with Crippen molar-refractivity contribution < 1.29 is 9.84 Å². The number of aliphatic hydroxyl groups is 1. The number of hydrogen-bond acceptors (Lipinski definition) is 3. The van der Waals surface area contributed by atoms with Gasteiger partial charge in [-0.1, -0.05) is 37.1 Å². The second kappa shape index (κ2) is 9.57. The molecule has 0 aliphatic heterocycles. The van der Waals surface area contributed by atoms with Crippen LogP contribution in [0.4, 0.5) is 0 Å². The number of rotatable bonds is 9. The standard InChI is InChI=1S/C18H27NO2/c1-5-11-21-14-18(20)13-19(16(4)6-2)12-17-10-8-7-9-15(17)3/h1,7-10,16,18,20H,6,11-14H2,2-4H3/t16-,18+/m0/s1. The van der Waals surface area contributed by atoms with E-state index in [-0.39, 0.29) is 13.2 Å². The minimum absolute atomic E-state index is 0.248. The Balaban J connectivity index is 2.64. The van der Waals surface area contributed by atoms with Gasteiger partial charge in [-0.2, -0.15) is 0 Å². The number of nitrogens with zero attached hydrogens (tertiary/aromatic N) is 1. The van der Waals surface area contributed by atoms with Crippen molar-refractivity contribution in [2.75, 3.05) is 19.8 Å². The van der Waals surface area contributed by atoms with E-state index in [2.05, 4.69) is 55.9 Å². The maximum absolute atomic E-state index is 10.1. The Morgan fingerprint density at radius 2 is 2.10 bits per heavy atom. The maximum Gasteiger partial charge on any atom is 0.107 e. The Kier molecular flexibility index (Phi) is 8.07. The van der Waals surface area contributed by atoms with Crippen LogP contribution in [0.25, 0.3) is 0 Å². The van der Waals surface area contributed by atoms with Crippen molar-refractivity contribution in [3.63, 3.8) is 0 Å². The first-order valence-corrected chi connectivity index (χ1v) is 7.56. The van der Waals surface area contributed by atoms with Gasteiger partial charge in [-0.25, -0.2) is 0 Å². The lowest BCUT2D eigenvalue weighted by atomic mass is 10.1. The summed E-state index contributed by atoms with van der Waals surface area (Å²) < 4.78 is 5.22. The molecule has 116 valence electrons. The summed E-state index contributed by atoms with van der Waals surface area (Å²) in [7, 11) is 0. The van der Waals surface area contributed by atoms with E-state index < -0.39 is 6.10 Å². The van der Waals surface area contributed by atoms with Crippen molar-refractivity contribution in [3.05, 3.63) is 35.4 Å². The van der Waals surface area contributed by atoms with Gasteiger partial charge < -0.3 is 9.84 Å². The van der Waals surface area contributed by atoms with Gasteiger partial charge in [0.1, 0.15) is 6.61 Å². The van der Waals surface area contributed by atoms with Gasteiger partial charge in [-0.15, -0.1) is 6.42 Å². The SMILES string of the molecule is C#CCOC[C@H](O)CN(Cc1ccccc1C)[C@@H](C)CC. The average molecular weight is 289 g/mol. The van der Waals surface area contributed by atoms with E-state index >= 15 is 0 Å². The molecule has 21 heavy (non-hydrogen) atoms. The molecule has 0 saturated heterocycles. The molecule has 1 aromatic rings. The van der Waals surface area contributed by atoms with E-state index in [9.17, 15) is 5.11 Å². The van der Waals surface area contributed by atoms with Crippen LogP contribution in [0.1, 0.15) is 31.4 Å². The molecule has 0 fully saturated rings. The zero-order valence-electron chi connectivity index (χ0n) is 13.4. The number of aryl methyl sites for hydroxylation is 1. The molecular weight excluding hydrogens is 262 g/mol. The first-order valence-electron chi connectivity index (χ1n) is 7.56. The maximum atomic E-state index is 10.1. The Bertz CT molecular complexity index is 453. The van der Waals surface area contributed by atoms with E-state index in [1.807, 2.05) is 0 Å². The molecule has 3 heteroatoms. The van der Waals surface area contributed by atoms with Crippen LogP contribution in [0, 0.1) is 19.3 Å². The van der Waals surface area contributed by atoms with Gasteiger partial charge in [0.15, 0.2) is 0 Å². The minimum Gasteiger partial charge on any atom is -0.389 e. The summed E-state index contributed by atoms with van der Waals surface area (Å²) in [6.45, 7) is 8.44. The van der Waals surface area contributed by atoms with Crippen LogP contribution in [0.3, 0.4) is 0 Å². The second-order valence-corrected chi connectivity index (χ2v) is 5.49. The van der Waals surface area contributed by atoms with Gasteiger partial charge in [0.25, 0.3) is 0 Å². The summed E-state index contributed by atoms with van der Waals surface area (Å²) in [5.41, 5.74) is 2.58. The summed E-state index contributed by atoms with van der Waals surface area (Å²) >= 11 is 0.